The topological polar surface area (TPSA) is 32.8 Å². The van der Waals surface area contributed by atoms with E-state index in [-0.39, 0.29) is 11.7 Å². The number of carbonyl (C=O) groups excluding carboxylic acids is 1. The van der Waals surface area contributed by atoms with Crippen molar-refractivity contribution in [1.82, 2.24) is 9.80 Å². The minimum atomic E-state index is -0.265. The van der Waals surface area contributed by atoms with Crippen LogP contribution in [0.15, 0.2) is 18.2 Å². The summed E-state index contributed by atoms with van der Waals surface area (Å²) in [4.78, 5) is 16.8. The first-order chi connectivity index (χ1) is 10.1. The number of likely N-dealkylation sites (tertiary alicyclic amines) is 1. The number of morpholine rings is 1. The van der Waals surface area contributed by atoms with Crippen molar-refractivity contribution in [2.75, 3.05) is 39.4 Å². The zero-order chi connectivity index (χ0) is 14.8. The van der Waals surface area contributed by atoms with E-state index < -0.39 is 0 Å². The molecular formula is C16H21FN2O2. The van der Waals surface area contributed by atoms with Crippen molar-refractivity contribution in [2.24, 2.45) is 0 Å². The molecule has 0 radical (unpaired) electrons. The van der Waals surface area contributed by atoms with Crippen molar-refractivity contribution in [2.45, 2.75) is 19.4 Å². The molecule has 0 aromatic heterocycles. The van der Waals surface area contributed by atoms with Gasteiger partial charge in [0.15, 0.2) is 0 Å². The Labute approximate surface area is 124 Å². The number of ether oxygens (including phenoxy) is 1. The molecule has 114 valence electrons. The fraction of sp³-hybridized carbons (Fsp3) is 0.562. The number of amides is 1. The molecule has 1 amide bonds. The Bertz CT molecular complexity index is 529. The lowest BCUT2D eigenvalue weighted by atomic mass is 10.1. The zero-order valence-corrected chi connectivity index (χ0v) is 12.3. The molecule has 0 aliphatic carbocycles. The molecule has 2 fully saturated rings. The van der Waals surface area contributed by atoms with Gasteiger partial charge in [-0.25, -0.2) is 4.39 Å². The molecule has 0 N–H and O–H groups in total. The standard InChI is InChI=1S/C16H21FN2O2/c1-12-10-13(2-3-15(12)17)16(20)19-5-4-14(11-19)18-6-8-21-9-7-18/h2-3,10,14H,4-9,11H2,1H3. The van der Waals surface area contributed by atoms with Crippen molar-refractivity contribution < 1.29 is 13.9 Å². The molecule has 2 aliphatic heterocycles. The highest BCUT2D eigenvalue weighted by atomic mass is 19.1. The number of benzene rings is 1. The van der Waals surface area contributed by atoms with Crippen LogP contribution in [-0.4, -0.2) is 61.1 Å². The Morgan fingerprint density at radius 3 is 2.76 bits per heavy atom. The van der Waals surface area contributed by atoms with Crippen LogP contribution in [0.25, 0.3) is 0 Å². The highest BCUT2D eigenvalue weighted by Crippen LogP contribution is 2.20. The Morgan fingerprint density at radius 2 is 2.05 bits per heavy atom. The zero-order valence-electron chi connectivity index (χ0n) is 12.3. The van der Waals surface area contributed by atoms with E-state index in [0.29, 0.717) is 17.2 Å². The molecule has 2 saturated heterocycles. The molecule has 1 unspecified atom stereocenters. The molecule has 0 spiro atoms. The normalized spacial score (nSPS) is 23.5. The van der Waals surface area contributed by atoms with E-state index in [1.807, 2.05) is 4.90 Å². The Morgan fingerprint density at radius 1 is 1.29 bits per heavy atom. The van der Waals surface area contributed by atoms with E-state index in [1.54, 1.807) is 19.1 Å². The Kier molecular flexibility index (Phi) is 4.22. The van der Waals surface area contributed by atoms with Crippen LogP contribution in [0.5, 0.6) is 0 Å². The SMILES string of the molecule is Cc1cc(C(=O)N2CCC(N3CCOCC3)C2)ccc1F. The van der Waals surface area contributed by atoms with Crippen LogP contribution in [0.4, 0.5) is 4.39 Å². The maximum Gasteiger partial charge on any atom is 0.253 e. The van der Waals surface area contributed by atoms with Crippen LogP contribution in [0, 0.1) is 12.7 Å². The number of nitrogens with zero attached hydrogens (tertiary/aromatic N) is 2. The predicted octanol–water partition coefficient (Wildman–Crippen LogP) is 1.68. The largest absolute Gasteiger partial charge is 0.379 e. The molecule has 5 heteroatoms. The third-order valence-electron chi connectivity index (χ3n) is 4.42. The first kappa shape index (κ1) is 14.5. The maximum atomic E-state index is 13.3. The molecular weight excluding hydrogens is 271 g/mol. The van der Waals surface area contributed by atoms with E-state index >= 15 is 0 Å². The average molecular weight is 292 g/mol. The summed E-state index contributed by atoms with van der Waals surface area (Å²) in [6.07, 6.45) is 1.01. The second kappa shape index (κ2) is 6.12. The highest BCUT2D eigenvalue weighted by molar-refractivity contribution is 5.94. The van der Waals surface area contributed by atoms with E-state index in [9.17, 15) is 9.18 Å². The predicted molar refractivity (Wildman–Crippen MR) is 77.8 cm³/mol. The summed E-state index contributed by atoms with van der Waals surface area (Å²) in [5, 5.41) is 0. The molecule has 1 aromatic rings. The molecule has 0 saturated carbocycles. The minimum absolute atomic E-state index is 0.00820. The minimum Gasteiger partial charge on any atom is -0.379 e. The molecule has 4 nitrogen and oxygen atoms in total. The molecule has 2 heterocycles. The Hall–Kier alpha value is -1.46. The number of halogens is 1. The number of carbonyl (C=O) groups is 1. The summed E-state index contributed by atoms with van der Waals surface area (Å²) in [5.41, 5.74) is 1.10. The molecule has 1 aromatic carbocycles. The van der Waals surface area contributed by atoms with Gasteiger partial charge >= 0.3 is 0 Å². The number of hydrogen-bond acceptors (Lipinski definition) is 3. The second-order valence-corrected chi connectivity index (χ2v) is 5.81. The highest BCUT2D eigenvalue weighted by Gasteiger charge is 2.31. The van der Waals surface area contributed by atoms with Crippen molar-refractivity contribution in [3.05, 3.63) is 35.1 Å². The van der Waals surface area contributed by atoms with E-state index in [4.69, 9.17) is 4.74 Å². The van der Waals surface area contributed by atoms with Gasteiger partial charge < -0.3 is 9.64 Å². The van der Waals surface area contributed by atoms with E-state index in [2.05, 4.69) is 4.90 Å². The molecule has 1 atom stereocenters. The summed E-state index contributed by atoms with van der Waals surface area (Å²) >= 11 is 0. The lowest BCUT2D eigenvalue weighted by Crippen LogP contribution is -2.45. The average Bonchev–Trinajstić information content (AvgIpc) is 3.00. The van der Waals surface area contributed by atoms with Gasteiger partial charge in [0.05, 0.1) is 13.2 Å². The molecule has 3 rings (SSSR count). The smallest absolute Gasteiger partial charge is 0.253 e. The van der Waals surface area contributed by atoms with Crippen LogP contribution in [-0.2, 0) is 4.74 Å². The van der Waals surface area contributed by atoms with Crippen LogP contribution in [0.1, 0.15) is 22.3 Å². The quantitative estimate of drug-likeness (QED) is 0.831. The van der Waals surface area contributed by atoms with E-state index in [0.717, 1.165) is 45.8 Å². The first-order valence-corrected chi connectivity index (χ1v) is 7.52. The van der Waals surface area contributed by atoms with Crippen LogP contribution >= 0.6 is 0 Å². The molecule has 2 aliphatic rings. The lowest BCUT2D eigenvalue weighted by Gasteiger charge is -2.32. The second-order valence-electron chi connectivity index (χ2n) is 5.81. The molecule has 0 bridgehead atoms. The molecule has 21 heavy (non-hydrogen) atoms. The maximum absolute atomic E-state index is 13.3. The summed E-state index contributed by atoms with van der Waals surface area (Å²) in [5.74, 6) is -0.256. The number of hydrogen-bond donors (Lipinski definition) is 0. The monoisotopic (exact) mass is 292 g/mol. The number of aryl methyl sites for hydroxylation is 1. The van der Waals surface area contributed by atoms with Crippen LogP contribution in [0.2, 0.25) is 0 Å². The van der Waals surface area contributed by atoms with Gasteiger partial charge in [-0.15, -0.1) is 0 Å². The van der Waals surface area contributed by atoms with Gasteiger partial charge in [-0.1, -0.05) is 0 Å². The third-order valence-corrected chi connectivity index (χ3v) is 4.42. The summed E-state index contributed by atoms with van der Waals surface area (Å²) in [6.45, 7) is 6.67. The fourth-order valence-electron chi connectivity index (χ4n) is 3.13. The van der Waals surface area contributed by atoms with Crippen molar-refractivity contribution in [1.29, 1.82) is 0 Å². The summed E-state index contributed by atoms with van der Waals surface area (Å²) < 4.78 is 18.7. The summed E-state index contributed by atoms with van der Waals surface area (Å²) in [7, 11) is 0. The van der Waals surface area contributed by atoms with Gasteiger partial charge in [0, 0.05) is 37.8 Å². The number of rotatable bonds is 2. The van der Waals surface area contributed by atoms with Gasteiger partial charge in [-0.2, -0.15) is 0 Å². The van der Waals surface area contributed by atoms with Crippen molar-refractivity contribution >= 4 is 5.91 Å². The lowest BCUT2D eigenvalue weighted by molar-refractivity contribution is 0.0185. The fourth-order valence-corrected chi connectivity index (χ4v) is 3.13. The van der Waals surface area contributed by atoms with Gasteiger partial charge in [0.1, 0.15) is 5.82 Å². The van der Waals surface area contributed by atoms with E-state index in [1.165, 1.54) is 6.07 Å². The van der Waals surface area contributed by atoms with Crippen molar-refractivity contribution in [3.63, 3.8) is 0 Å². The van der Waals surface area contributed by atoms with Gasteiger partial charge in [-0.05, 0) is 37.1 Å². The van der Waals surface area contributed by atoms with Crippen LogP contribution < -0.4 is 0 Å². The van der Waals surface area contributed by atoms with Crippen LogP contribution in [0.3, 0.4) is 0 Å². The summed E-state index contributed by atoms with van der Waals surface area (Å²) in [6, 6.07) is 5.02. The van der Waals surface area contributed by atoms with Gasteiger partial charge in [-0.3, -0.25) is 9.69 Å². The Balaban J connectivity index is 1.64. The van der Waals surface area contributed by atoms with Gasteiger partial charge in [0.2, 0.25) is 0 Å². The van der Waals surface area contributed by atoms with Crippen molar-refractivity contribution in [3.8, 4) is 0 Å². The first-order valence-electron chi connectivity index (χ1n) is 7.52. The third kappa shape index (κ3) is 3.09. The van der Waals surface area contributed by atoms with Gasteiger partial charge in [0.25, 0.3) is 5.91 Å².